The highest BCUT2D eigenvalue weighted by atomic mass is 35.5. The summed E-state index contributed by atoms with van der Waals surface area (Å²) in [4.78, 5) is 15.0. The van der Waals surface area contributed by atoms with Crippen LogP contribution in [0, 0.1) is 5.92 Å². The summed E-state index contributed by atoms with van der Waals surface area (Å²) in [5.41, 5.74) is 1.14. The Balaban J connectivity index is 1.63. The molecule has 1 fully saturated rings. The third kappa shape index (κ3) is 5.31. The maximum Gasteiger partial charge on any atom is 0.271 e. The van der Waals surface area contributed by atoms with Crippen molar-refractivity contribution in [3.63, 3.8) is 0 Å². The van der Waals surface area contributed by atoms with Gasteiger partial charge in [0.25, 0.3) is 5.91 Å². The smallest absolute Gasteiger partial charge is 0.271 e. The van der Waals surface area contributed by atoms with E-state index in [0.29, 0.717) is 29.2 Å². The highest BCUT2D eigenvalue weighted by Crippen LogP contribution is 2.19. The van der Waals surface area contributed by atoms with E-state index < -0.39 is 0 Å². The van der Waals surface area contributed by atoms with Gasteiger partial charge in [-0.1, -0.05) is 37.6 Å². The molecule has 2 heterocycles. The van der Waals surface area contributed by atoms with Crippen LogP contribution >= 0.6 is 11.6 Å². The van der Waals surface area contributed by atoms with Crippen LogP contribution in [-0.4, -0.2) is 59.5 Å². The molecule has 1 atom stereocenters. The Bertz CT molecular complexity index is 756. The fourth-order valence-corrected chi connectivity index (χ4v) is 3.59. The van der Waals surface area contributed by atoms with E-state index in [-0.39, 0.29) is 5.91 Å². The number of hydrogen-bond acceptors (Lipinski definition) is 4. The number of carbonyl (C=O) groups excluding carboxylic acids is 1. The molecule has 1 unspecified atom stereocenters. The van der Waals surface area contributed by atoms with Crippen LogP contribution in [0.1, 0.15) is 30.8 Å². The van der Waals surface area contributed by atoms with Gasteiger partial charge in [0.2, 0.25) is 0 Å². The van der Waals surface area contributed by atoms with E-state index in [1.807, 2.05) is 18.2 Å². The number of benzene rings is 1. The van der Waals surface area contributed by atoms with Crippen molar-refractivity contribution in [2.24, 2.45) is 5.92 Å². The van der Waals surface area contributed by atoms with Gasteiger partial charge >= 0.3 is 0 Å². The number of rotatable bonds is 7. The van der Waals surface area contributed by atoms with Gasteiger partial charge in [-0.25, -0.2) is 4.68 Å². The van der Waals surface area contributed by atoms with Gasteiger partial charge in [-0.3, -0.25) is 9.69 Å². The normalized spacial score (nSPS) is 16.4. The molecule has 0 saturated carbocycles. The SMILES string of the molecule is CC(C)CC(CNC(=O)c1ccn(-c2ccccc2Cl)n1)N1CCOCC1. The molecule has 0 bridgehead atoms. The molecule has 3 rings (SSSR count). The molecule has 1 aliphatic rings. The van der Waals surface area contributed by atoms with Crippen molar-refractivity contribution in [2.75, 3.05) is 32.8 Å². The van der Waals surface area contributed by atoms with Gasteiger partial charge in [-0.05, 0) is 30.5 Å². The van der Waals surface area contributed by atoms with Gasteiger partial charge < -0.3 is 10.1 Å². The quantitative estimate of drug-likeness (QED) is 0.789. The minimum absolute atomic E-state index is 0.164. The minimum Gasteiger partial charge on any atom is -0.379 e. The Morgan fingerprint density at radius 3 is 2.70 bits per heavy atom. The number of carbonyl (C=O) groups is 1. The molecule has 0 radical (unpaired) electrons. The largest absolute Gasteiger partial charge is 0.379 e. The molecule has 1 aliphatic heterocycles. The molecule has 1 amide bonds. The highest BCUT2D eigenvalue weighted by molar-refractivity contribution is 6.32. The van der Waals surface area contributed by atoms with Crippen LogP contribution < -0.4 is 5.32 Å². The zero-order valence-electron chi connectivity index (χ0n) is 15.9. The number of ether oxygens (including phenoxy) is 1. The van der Waals surface area contributed by atoms with Crippen LogP contribution in [-0.2, 0) is 4.74 Å². The molecule has 1 saturated heterocycles. The summed E-state index contributed by atoms with van der Waals surface area (Å²) in [6.45, 7) is 8.36. The maximum atomic E-state index is 12.6. The molecule has 1 aromatic carbocycles. The number of para-hydroxylation sites is 1. The third-order valence-corrected chi connectivity index (χ3v) is 5.04. The second-order valence-corrected chi connectivity index (χ2v) is 7.65. The number of morpholine rings is 1. The standard InChI is InChI=1S/C20H27ClN4O2/c1-15(2)13-16(24-9-11-27-12-10-24)14-22-20(26)18-7-8-25(23-18)19-6-4-3-5-17(19)21/h3-8,15-16H,9-14H2,1-2H3,(H,22,26). The Hall–Kier alpha value is -1.89. The first-order chi connectivity index (χ1) is 13.0. The lowest BCUT2D eigenvalue weighted by molar-refractivity contribution is 0.0124. The summed E-state index contributed by atoms with van der Waals surface area (Å²) in [6, 6.07) is 9.45. The molecular weight excluding hydrogens is 364 g/mol. The Morgan fingerprint density at radius 1 is 1.26 bits per heavy atom. The van der Waals surface area contributed by atoms with Crippen LogP contribution in [0.2, 0.25) is 5.02 Å². The van der Waals surface area contributed by atoms with Crippen molar-refractivity contribution >= 4 is 17.5 Å². The molecular formula is C20H27ClN4O2. The molecule has 6 nitrogen and oxygen atoms in total. The van der Waals surface area contributed by atoms with Gasteiger partial charge in [0.05, 0.1) is 23.9 Å². The maximum absolute atomic E-state index is 12.6. The molecule has 27 heavy (non-hydrogen) atoms. The van der Waals surface area contributed by atoms with Crippen LogP contribution in [0.5, 0.6) is 0 Å². The van der Waals surface area contributed by atoms with Crippen molar-refractivity contribution in [3.8, 4) is 5.69 Å². The monoisotopic (exact) mass is 390 g/mol. The summed E-state index contributed by atoms with van der Waals surface area (Å²) in [6.07, 6.45) is 2.79. The van der Waals surface area contributed by atoms with E-state index in [1.165, 1.54) is 0 Å². The number of nitrogens with zero attached hydrogens (tertiary/aromatic N) is 3. The molecule has 2 aromatic rings. The first kappa shape index (κ1) is 19.9. The average molecular weight is 391 g/mol. The second kappa shape index (κ2) is 9.35. The summed E-state index contributed by atoms with van der Waals surface area (Å²) in [5, 5.41) is 8.02. The predicted molar refractivity (Wildman–Crippen MR) is 107 cm³/mol. The zero-order valence-corrected chi connectivity index (χ0v) is 16.7. The number of hydrogen-bond donors (Lipinski definition) is 1. The van der Waals surface area contributed by atoms with Crippen molar-refractivity contribution in [3.05, 3.63) is 47.2 Å². The lowest BCUT2D eigenvalue weighted by Gasteiger charge is -2.35. The minimum atomic E-state index is -0.164. The van der Waals surface area contributed by atoms with Crippen LogP contribution in [0.25, 0.3) is 5.69 Å². The third-order valence-electron chi connectivity index (χ3n) is 4.72. The van der Waals surface area contributed by atoms with E-state index in [9.17, 15) is 4.79 Å². The van der Waals surface area contributed by atoms with E-state index in [2.05, 4.69) is 29.2 Å². The zero-order chi connectivity index (χ0) is 19.2. The number of halogens is 1. The van der Waals surface area contributed by atoms with E-state index >= 15 is 0 Å². The summed E-state index contributed by atoms with van der Waals surface area (Å²) in [5.74, 6) is 0.400. The van der Waals surface area contributed by atoms with Crippen molar-refractivity contribution in [2.45, 2.75) is 26.3 Å². The Morgan fingerprint density at radius 2 is 2.00 bits per heavy atom. The number of aromatic nitrogens is 2. The van der Waals surface area contributed by atoms with Gasteiger partial charge in [-0.2, -0.15) is 5.10 Å². The van der Waals surface area contributed by atoms with Crippen LogP contribution in [0.3, 0.4) is 0 Å². The first-order valence-electron chi connectivity index (χ1n) is 9.45. The Kier molecular flexibility index (Phi) is 6.88. The lowest BCUT2D eigenvalue weighted by atomic mass is 10.0. The molecule has 1 N–H and O–H groups in total. The van der Waals surface area contributed by atoms with Crippen molar-refractivity contribution in [1.82, 2.24) is 20.0 Å². The highest BCUT2D eigenvalue weighted by Gasteiger charge is 2.23. The lowest BCUT2D eigenvalue weighted by Crippen LogP contribution is -2.49. The fraction of sp³-hybridized carbons (Fsp3) is 0.500. The first-order valence-corrected chi connectivity index (χ1v) is 9.83. The van der Waals surface area contributed by atoms with Crippen molar-refractivity contribution in [1.29, 1.82) is 0 Å². The van der Waals surface area contributed by atoms with E-state index in [4.69, 9.17) is 16.3 Å². The predicted octanol–water partition coefficient (Wildman–Crippen LogP) is 3.00. The average Bonchev–Trinajstić information content (AvgIpc) is 3.15. The summed E-state index contributed by atoms with van der Waals surface area (Å²) in [7, 11) is 0. The molecule has 0 aliphatic carbocycles. The summed E-state index contributed by atoms with van der Waals surface area (Å²) >= 11 is 6.21. The van der Waals surface area contributed by atoms with Gasteiger partial charge in [-0.15, -0.1) is 0 Å². The van der Waals surface area contributed by atoms with Crippen LogP contribution in [0.15, 0.2) is 36.5 Å². The fourth-order valence-electron chi connectivity index (χ4n) is 3.37. The van der Waals surface area contributed by atoms with Crippen molar-refractivity contribution < 1.29 is 9.53 Å². The van der Waals surface area contributed by atoms with Gasteiger partial charge in [0.15, 0.2) is 5.69 Å². The summed E-state index contributed by atoms with van der Waals surface area (Å²) < 4.78 is 7.08. The van der Waals surface area contributed by atoms with Crippen LogP contribution in [0.4, 0.5) is 0 Å². The number of nitrogens with one attached hydrogen (secondary N) is 1. The van der Waals surface area contributed by atoms with Gasteiger partial charge in [0, 0.05) is 31.9 Å². The second-order valence-electron chi connectivity index (χ2n) is 7.24. The Labute approximate surface area is 165 Å². The number of amides is 1. The van der Waals surface area contributed by atoms with Gasteiger partial charge in [0.1, 0.15) is 0 Å². The molecule has 146 valence electrons. The van der Waals surface area contributed by atoms with E-state index in [1.54, 1.807) is 23.0 Å². The molecule has 7 heteroatoms. The van der Waals surface area contributed by atoms with E-state index in [0.717, 1.165) is 38.4 Å². The molecule has 0 spiro atoms. The molecule has 1 aromatic heterocycles. The topological polar surface area (TPSA) is 59.4 Å².